The molecule has 0 aromatic carbocycles. The number of halogens is 1. The van der Waals surface area contributed by atoms with Crippen molar-refractivity contribution in [3.8, 4) is 5.75 Å². The standard InChI is InChI=1S/C12H17BrN2O2/c13-10-5-12(11(6-14)15-7-10)17-8-9-1-3-16-4-2-9/h5,7,9H,1-4,6,8,14H2. The molecule has 1 aliphatic rings. The monoisotopic (exact) mass is 300 g/mol. The van der Waals surface area contributed by atoms with Crippen molar-refractivity contribution in [2.24, 2.45) is 11.7 Å². The van der Waals surface area contributed by atoms with Gasteiger partial charge in [0.25, 0.3) is 0 Å². The Bertz CT molecular complexity index is 368. The van der Waals surface area contributed by atoms with E-state index in [0.29, 0.717) is 19.1 Å². The Balaban J connectivity index is 1.95. The summed E-state index contributed by atoms with van der Waals surface area (Å²) < 4.78 is 12.1. The maximum atomic E-state index is 5.82. The lowest BCUT2D eigenvalue weighted by Crippen LogP contribution is -2.22. The van der Waals surface area contributed by atoms with Gasteiger partial charge in [-0.2, -0.15) is 0 Å². The van der Waals surface area contributed by atoms with Crippen molar-refractivity contribution >= 4 is 15.9 Å². The van der Waals surface area contributed by atoms with Crippen LogP contribution in [0.5, 0.6) is 5.75 Å². The highest BCUT2D eigenvalue weighted by atomic mass is 79.9. The minimum atomic E-state index is 0.399. The van der Waals surface area contributed by atoms with Gasteiger partial charge in [0, 0.05) is 30.4 Å². The summed E-state index contributed by atoms with van der Waals surface area (Å²) in [7, 11) is 0. The number of ether oxygens (including phenoxy) is 2. The first kappa shape index (κ1) is 12.8. The molecular weight excluding hydrogens is 284 g/mol. The molecule has 1 saturated heterocycles. The third kappa shape index (κ3) is 3.66. The highest BCUT2D eigenvalue weighted by Gasteiger charge is 2.15. The van der Waals surface area contributed by atoms with E-state index in [9.17, 15) is 0 Å². The Hall–Kier alpha value is -0.650. The number of hydrogen-bond acceptors (Lipinski definition) is 4. The molecule has 2 heterocycles. The fourth-order valence-electron chi connectivity index (χ4n) is 1.85. The smallest absolute Gasteiger partial charge is 0.143 e. The summed E-state index contributed by atoms with van der Waals surface area (Å²) in [6, 6.07) is 1.93. The molecular formula is C12H17BrN2O2. The van der Waals surface area contributed by atoms with Gasteiger partial charge in [0.15, 0.2) is 0 Å². The zero-order valence-electron chi connectivity index (χ0n) is 9.69. The topological polar surface area (TPSA) is 57.4 Å². The van der Waals surface area contributed by atoms with Gasteiger partial charge in [-0.25, -0.2) is 0 Å². The van der Waals surface area contributed by atoms with Crippen molar-refractivity contribution in [3.63, 3.8) is 0 Å². The fourth-order valence-corrected chi connectivity index (χ4v) is 2.16. The molecule has 1 fully saturated rings. The second-order valence-electron chi connectivity index (χ2n) is 4.17. The lowest BCUT2D eigenvalue weighted by Gasteiger charge is -2.22. The van der Waals surface area contributed by atoms with Crippen LogP contribution in [0.1, 0.15) is 18.5 Å². The second-order valence-corrected chi connectivity index (χ2v) is 5.08. The van der Waals surface area contributed by atoms with Gasteiger partial charge in [0.1, 0.15) is 5.75 Å². The number of rotatable bonds is 4. The minimum Gasteiger partial charge on any atom is -0.491 e. The molecule has 0 amide bonds. The number of nitrogens with zero attached hydrogens (tertiary/aromatic N) is 1. The van der Waals surface area contributed by atoms with Crippen LogP contribution in [-0.4, -0.2) is 24.8 Å². The molecule has 0 saturated carbocycles. The van der Waals surface area contributed by atoms with Gasteiger partial charge in [-0.1, -0.05) is 0 Å². The first-order chi connectivity index (χ1) is 8.29. The summed E-state index contributed by atoms with van der Waals surface area (Å²) >= 11 is 3.39. The summed E-state index contributed by atoms with van der Waals surface area (Å²) in [5, 5.41) is 0. The van der Waals surface area contributed by atoms with Crippen molar-refractivity contribution in [1.29, 1.82) is 0 Å². The van der Waals surface area contributed by atoms with E-state index in [4.69, 9.17) is 15.2 Å². The summed E-state index contributed by atoms with van der Waals surface area (Å²) in [5.41, 5.74) is 6.44. The van der Waals surface area contributed by atoms with Crippen molar-refractivity contribution in [3.05, 3.63) is 22.4 Å². The molecule has 0 radical (unpaired) electrons. The zero-order valence-corrected chi connectivity index (χ0v) is 11.3. The van der Waals surface area contributed by atoms with E-state index in [1.807, 2.05) is 6.07 Å². The lowest BCUT2D eigenvalue weighted by molar-refractivity contribution is 0.0495. The predicted molar refractivity (Wildman–Crippen MR) is 68.9 cm³/mol. The Labute approximate surface area is 110 Å². The van der Waals surface area contributed by atoms with E-state index >= 15 is 0 Å². The van der Waals surface area contributed by atoms with E-state index in [1.165, 1.54) is 0 Å². The van der Waals surface area contributed by atoms with E-state index < -0.39 is 0 Å². The molecule has 0 spiro atoms. The summed E-state index contributed by atoms with van der Waals surface area (Å²) in [4.78, 5) is 4.24. The van der Waals surface area contributed by atoms with Crippen molar-refractivity contribution < 1.29 is 9.47 Å². The third-order valence-electron chi connectivity index (χ3n) is 2.91. The Morgan fingerprint density at radius 2 is 2.24 bits per heavy atom. The number of aromatic nitrogens is 1. The van der Waals surface area contributed by atoms with Gasteiger partial charge in [-0.05, 0) is 40.8 Å². The predicted octanol–water partition coefficient (Wildman–Crippen LogP) is 2.11. The molecule has 1 aromatic heterocycles. The van der Waals surface area contributed by atoms with Gasteiger partial charge in [-0.3, -0.25) is 4.98 Å². The molecule has 0 unspecified atom stereocenters. The summed E-state index contributed by atoms with van der Waals surface area (Å²) in [5.74, 6) is 1.36. The van der Waals surface area contributed by atoms with Crippen LogP contribution in [-0.2, 0) is 11.3 Å². The van der Waals surface area contributed by atoms with Crippen LogP contribution in [0.3, 0.4) is 0 Å². The SMILES string of the molecule is NCc1ncc(Br)cc1OCC1CCOCC1. The molecule has 1 aliphatic heterocycles. The van der Waals surface area contributed by atoms with Gasteiger partial charge in [0.2, 0.25) is 0 Å². The van der Waals surface area contributed by atoms with Gasteiger partial charge in [0.05, 0.1) is 12.3 Å². The first-order valence-electron chi connectivity index (χ1n) is 5.84. The average molecular weight is 301 g/mol. The van der Waals surface area contributed by atoms with Gasteiger partial charge in [-0.15, -0.1) is 0 Å². The van der Waals surface area contributed by atoms with E-state index in [1.54, 1.807) is 6.20 Å². The highest BCUT2D eigenvalue weighted by Crippen LogP contribution is 2.23. The van der Waals surface area contributed by atoms with Crippen LogP contribution < -0.4 is 10.5 Å². The molecule has 0 bridgehead atoms. The van der Waals surface area contributed by atoms with Crippen LogP contribution in [0.2, 0.25) is 0 Å². The minimum absolute atomic E-state index is 0.399. The lowest BCUT2D eigenvalue weighted by atomic mass is 10.0. The Morgan fingerprint density at radius 1 is 1.47 bits per heavy atom. The maximum absolute atomic E-state index is 5.82. The molecule has 17 heavy (non-hydrogen) atoms. The number of nitrogens with two attached hydrogens (primary N) is 1. The van der Waals surface area contributed by atoms with Crippen LogP contribution in [0.4, 0.5) is 0 Å². The third-order valence-corrected chi connectivity index (χ3v) is 3.34. The number of pyridine rings is 1. The average Bonchev–Trinajstić information content (AvgIpc) is 2.38. The molecule has 1 aromatic rings. The first-order valence-corrected chi connectivity index (χ1v) is 6.64. The molecule has 4 nitrogen and oxygen atoms in total. The van der Waals surface area contributed by atoms with Crippen molar-refractivity contribution in [2.75, 3.05) is 19.8 Å². The van der Waals surface area contributed by atoms with Crippen LogP contribution >= 0.6 is 15.9 Å². The second kappa shape index (κ2) is 6.33. The van der Waals surface area contributed by atoms with Crippen molar-refractivity contribution in [2.45, 2.75) is 19.4 Å². The molecule has 2 rings (SSSR count). The molecule has 2 N–H and O–H groups in total. The maximum Gasteiger partial charge on any atom is 0.143 e. The highest BCUT2D eigenvalue weighted by molar-refractivity contribution is 9.10. The van der Waals surface area contributed by atoms with E-state index in [0.717, 1.165) is 42.0 Å². The zero-order chi connectivity index (χ0) is 12.1. The Kier molecular flexibility index (Phi) is 4.76. The normalized spacial score (nSPS) is 17.1. The van der Waals surface area contributed by atoms with E-state index in [-0.39, 0.29) is 0 Å². The molecule has 0 aliphatic carbocycles. The summed E-state index contributed by atoms with van der Waals surface area (Å²) in [6.45, 7) is 2.80. The quantitative estimate of drug-likeness (QED) is 0.925. The molecule has 5 heteroatoms. The van der Waals surface area contributed by atoms with Crippen molar-refractivity contribution in [1.82, 2.24) is 4.98 Å². The molecule has 0 atom stereocenters. The van der Waals surface area contributed by atoms with Gasteiger partial charge >= 0.3 is 0 Å². The van der Waals surface area contributed by atoms with E-state index in [2.05, 4.69) is 20.9 Å². The van der Waals surface area contributed by atoms with Gasteiger partial charge < -0.3 is 15.2 Å². The van der Waals surface area contributed by atoms with Crippen LogP contribution in [0.25, 0.3) is 0 Å². The fraction of sp³-hybridized carbons (Fsp3) is 0.583. The number of hydrogen-bond donors (Lipinski definition) is 1. The van der Waals surface area contributed by atoms with Crippen LogP contribution in [0.15, 0.2) is 16.7 Å². The largest absolute Gasteiger partial charge is 0.491 e. The van der Waals surface area contributed by atoms with Crippen LogP contribution in [0, 0.1) is 5.92 Å². The summed E-state index contributed by atoms with van der Waals surface area (Å²) in [6.07, 6.45) is 3.88. The Morgan fingerprint density at radius 3 is 2.94 bits per heavy atom. The molecule has 94 valence electrons.